The normalized spacial score (nSPS) is 10.2. The molecule has 0 heterocycles. The van der Waals surface area contributed by atoms with Crippen molar-refractivity contribution in [2.75, 3.05) is 21.3 Å². The highest BCUT2D eigenvalue weighted by Crippen LogP contribution is 2.37. The fourth-order valence-corrected chi connectivity index (χ4v) is 1.35. The molecule has 3 N–H and O–H groups in total. The van der Waals surface area contributed by atoms with Crippen LogP contribution in [0.5, 0.6) is 17.2 Å². The first kappa shape index (κ1) is 13.6. The van der Waals surface area contributed by atoms with Gasteiger partial charge in [-0.25, -0.2) is 10.2 Å². The Balaban J connectivity index is 3.07. The third kappa shape index (κ3) is 3.27. The number of urea groups is 1. The van der Waals surface area contributed by atoms with Gasteiger partial charge < -0.3 is 19.9 Å². The molecule has 0 radical (unpaired) electrons. The van der Waals surface area contributed by atoms with E-state index in [0.29, 0.717) is 22.8 Å². The number of nitrogens with two attached hydrogens (primary N) is 1. The summed E-state index contributed by atoms with van der Waals surface area (Å²) >= 11 is 0. The summed E-state index contributed by atoms with van der Waals surface area (Å²) < 4.78 is 15.5. The molecule has 2 amide bonds. The Morgan fingerprint density at radius 2 is 1.78 bits per heavy atom. The van der Waals surface area contributed by atoms with Crippen LogP contribution in [0.25, 0.3) is 0 Å². The molecule has 1 aromatic carbocycles. The van der Waals surface area contributed by atoms with Gasteiger partial charge >= 0.3 is 6.03 Å². The predicted octanol–water partition coefficient (Wildman–Crippen LogP) is 0.715. The molecule has 1 rings (SSSR count). The molecule has 0 bridgehead atoms. The molecule has 1 aromatic rings. The van der Waals surface area contributed by atoms with Crippen LogP contribution in [-0.2, 0) is 0 Å². The van der Waals surface area contributed by atoms with Crippen molar-refractivity contribution in [1.82, 2.24) is 5.43 Å². The number of ether oxygens (including phenoxy) is 3. The van der Waals surface area contributed by atoms with Crippen molar-refractivity contribution in [2.45, 2.75) is 0 Å². The maximum atomic E-state index is 10.5. The Hall–Kier alpha value is -2.44. The van der Waals surface area contributed by atoms with Gasteiger partial charge in [-0.3, -0.25) is 0 Å². The fraction of sp³-hybridized carbons (Fsp3) is 0.273. The quantitative estimate of drug-likeness (QED) is 0.597. The first-order valence-electron chi connectivity index (χ1n) is 5.01. The van der Waals surface area contributed by atoms with Crippen molar-refractivity contribution in [3.05, 3.63) is 17.7 Å². The lowest BCUT2D eigenvalue weighted by atomic mass is 10.2. The van der Waals surface area contributed by atoms with Crippen LogP contribution in [-0.4, -0.2) is 33.6 Å². The topological polar surface area (TPSA) is 95.2 Å². The Morgan fingerprint density at radius 1 is 1.22 bits per heavy atom. The maximum absolute atomic E-state index is 10.5. The molecule has 0 atom stereocenters. The Morgan fingerprint density at radius 3 is 2.17 bits per heavy atom. The van der Waals surface area contributed by atoms with E-state index in [0.717, 1.165) is 0 Å². The number of hydrogen-bond donors (Lipinski definition) is 2. The molecule has 18 heavy (non-hydrogen) atoms. The van der Waals surface area contributed by atoms with Crippen molar-refractivity contribution in [3.63, 3.8) is 0 Å². The summed E-state index contributed by atoms with van der Waals surface area (Å²) in [4.78, 5) is 10.5. The molecule has 0 saturated carbocycles. The molecule has 0 saturated heterocycles. The van der Waals surface area contributed by atoms with Crippen molar-refractivity contribution < 1.29 is 19.0 Å². The van der Waals surface area contributed by atoms with Gasteiger partial charge in [0.05, 0.1) is 27.5 Å². The van der Waals surface area contributed by atoms with E-state index >= 15 is 0 Å². The van der Waals surface area contributed by atoms with Gasteiger partial charge in [-0.05, 0) is 12.1 Å². The summed E-state index contributed by atoms with van der Waals surface area (Å²) in [7, 11) is 4.54. The van der Waals surface area contributed by atoms with Crippen molar-refractivity contribution in [2.24, 2.45) is 10.8 Å². The molecule has 0 fully saturated rings. The minimum absolute atomic E-state index is 0.486. The lowest BCUT2D eigenvalue weighted by molar-refractivity contribution is 0.249. The molecule has 98 valence electrons. The van der Waals surface area contributed by atoms with Gasteiger partial charge in [-0.2, -0.15) is 5.10 Å². The number of hydrazone groups is 1. The number of hydrogen-bond acceptors (Lipinski definition) is 5. The number of methoxy groups -OCH3 is 3. The van der Waals surface area contributed by atoms with Crippen molar-refractivity contribution in [3.8, 4) is 17.2 Å². The lowest BCUT2D eigenvalue weighted by Gasteiger charge is -2.12. The number of amides is 2. The second-order valence-corrected chi connectivity index (χ2v) is 3.19. The summed E-state index contributed by atoms with van der Waals surface area (Å²) in [5.41, 5.74) is 7.64. The highest BCUT2D eigenvalue weighted by atomic mass is 16.5. The number of rotatable bonds is 5. The zero-order valence-electron chi connectivity index (χ0n) is 10.4. The van der Waals surface area contributed by atoms with Crippen LogP contribution >= 0.6 is 0 Å². The van der Waals surface area contributed by atoms with Crippen LogP contribution in [0.1, 0.15) is 5.56 Å². The van der Waals surface area contributed by atoms with E-state index < -0.39 is 6.03 Å². The molecular formula is C11H15N3O4. The highest BCUT2D eigenvalue weighted by Gasteiger charge is 2.12. The minimum atomic E-state index is -0.737. The second kappa shape index (κ2) is 6.33. The smallest absolute Gasteiger partial charge is 0.332 e. The fourth-order valence-electron chi connectivity index (χ4n) is 1.35. The molecular weight excluding hydrogens is 238 g/mol. The number of primary amides is 1. The lowest BCUT2D eigenvalue weighted by Crippen LogP contribution is -2.24. The van der Waals surface area contributed by atoms with Gasteiger partial charge in [0.2, 0.25) is 5.75 Å². The van der Waals surface area contributed by atoms with Crippen LogP contribution in [0.15, 0.2) is 17.2 Å². The molecule has 0 spiro atoms. The van der Waals surface area contributed by atoms with Gasteiger partial charge in [-0.15, -0.1) is 0 Å². The van der Waals surface area contributed by atoms with E-state index in [1.807, 2.05) is 0 Å². The predicted molar refractivity (Wildman–Crippen MR) is 66.4 cm³/mol. The number of nitrogens with one attached hydrogen (secondary N) is 1. The van der Waals surface area contributed by atoms with Crippen LogP contribution in [0.3, 0.4) is 0 Å². The van der Waals surface area contributed by atoms with E-state index in [1.54, 1.807) is 12.1 Å². The number of carbonyl (C=O) groups excluding carboxylic acids is 1. The van der Waals surface area contributed by atoms with E-state index in [1.165, 1.54) is 27.5 Å². The molecule has 7 heteroatoms. The van der Waals surface area contributed by atoms with E-state index in [4.69, 9.17) is 19.9 Å². The van der Waals surface area contributed by atoms with Gasteiger partial charge in [0.1, 0.15) is 0 Å². The van der Waals surface area contributed by atoms with Crippen LogP contribution in [0.2, 0.25) is 0 Å². The summed E-state index contributed by atoms with van der Waals surface area (Å²) in [6.07, 6.45) is 1.41. The van der Waals surface area contributed by atoms with E-state index in [-0.39, 0.29) is 0 Å². The molecule has 0 aliphatic heterocycles. The Bertz CT molecular complexity index is 435. The van der Waals surface area contributed by atoms with E-state index in [2.05, 4.69) is 10.5 Å². The molecule has 0 aliphatic rings. The number of nitrogens with zero attached hydrogens (tertiary/aromatic N) is 1. The van der Waals surface area contributed by atoms with E-state index in [9.17, 15) is 4.79 Å². The summed E-state index contributed by atoms with van der Waals surface area (Å²) in [6, 6.07) is 2.64. The summed E-state index contributed by atoms with van der Waals surface area (Å²) in [5.74, 6) is 1.48. The number of benzene rings is 1. The van der Waals surface area contributed by atoms with Crippen molar-refractivity contribution in [1.29, 1.82) is 0 Å². The average Bonchev–Trinajstić information content (AvgIpc) is 2.36. The van der Waals surface area contributed by atoms with Gasteiger partial charge in [0.15, 0.2) is 11.5 Å². The highest BCUT2D eigenvalue weighted by molar-refractivity contribution is 5.83. The minimum Gasteiger partial charge on any atom is -0.493 e. The van der Waals surface area contributed by atoms with Gasteiger partial charge in [0, 0.05) is 5.56 Å². The average molecular weight is 253 g/mol. The molecule has 7 nitrogen and oxygen atoms in total. The zero-order chi connectivity index (χ0) is 13.5. The monoisotopic (exact) mass is 253 g/mol. The Labute approximate surface area is 105 Å². The summed E-state index contributed by atoms with van der Waals surface area (Å²) in [5, 5.41) is 3.65. The van der Waals surface area contributed by atoms with Crippen LogP contribution < -0.4 is 25.4 Å². The first-order valence-corrected chi connectivity index (χ1v) is 5.01. The third-order valence-electron chi connectivity index (χ3n) is 2.08. The van der Waals surface area contributed by atoms with Crippen LogP contribution in [0.4, 0.5) is 4.79 Å². The second-order valence-electron chi connectivity index (χ2n) is 3.19. The standard InChI is InChI=1S/C11H15N3O4/c1-16-8-4-7(6-13-14-11(12)15)5-9(17-2)10(8)18-3/h4-6H,1-3H3,(H3,12,14,15)/b13-6+. The maximum Gasteiger partial charge on any atom is 0.332 e. The van der Waals surface area contributed by atoms with Gasteiger partial charge in [-0.1, -0.05) is 0 Å². The van der Waals surface area contributed by atoms with Crippen LogP contribution in [0, 0.1) is 0 Å². The molecule has 0 unspecified atom stereocenters. The number of carbonyl (C=O) groups is 1. The largest absolute Gasteiger partial charge is 0.493 e. The Kier molecular flexibility index (Phi) is 4.79. The van der Waals surface area contributed by atoms with Gasteiger partial charge in [0.25, 0.3) is 0 Å². The third-order valence-corrected chi connectivity index (χ3v) is 2.08. The zero-order valence-corrected chi connectivity index (χ0v) is 10.4. The summed E-state index contributed by atoms with van der Waals surface area (Å²) in [6.45, 7) is 0. The SMILES string of the molecule is COc1cc(/C=N/NC(N)=O)cc(OC)c1OC. The van der Waals surface area contributed by atoms with Crippen molar-refractivity contribution >= 4 is 12.2 Å². The molecule has 0 aliphatic carbocycles. The first-order chi connectivity index (χ1) is 8.62. The molecule has 0 aromatic heterocycles.